The van der Waals surface area contributed by atoms with Gasteiger partial charge in [-0.15, -0.1) is 11.3 Å². The van der Waals surface area contributed by atoms with Gasteiger partial charge in [0, 0.05) is 25.4 Å². The number of thiazole rings is 1. The van der Waals surface area contributed by atoms with Crippen LogP contribution in [0.4, 0.5) is 13.2 Å². The molecular weight excluding hydrogens is 477 g/mol. The zero-order valence-electron chi connectivity index (χ0n) is 18.8. The second-order valence-electron chi connectivity index (χ2n) is 7.85. The number of aromatic nitrogens is 2. The van der Waals surface area contributed by atoms with Crippen molar-refractivity contribution in [1.29, 1.82) is 0 Å². The van der Waals surface area contributed by atoms with E-state index in [9.17, 15) is 18.0 Å². The molecule has 4 aromatic rings. The molecule has 0 bridgehead atoms. The lowest BCUT2D eigenvalue weighted by Crippen LogP contribution is -2.28. The summed E-state index contributed by atoms with van der Waals surface area (Å²) in [5.41, 5.74) is 1.41. The van der Waals surface area contributed by atoms with Crippen molar-refractivity contribution in [3.63, 3.8) is 0 Å². The molecule has 2 N–H and O–H groups in total. The number of carbonyl (C=O) groups excluding carboxylic acids is 1. The first-order chi connectivity index (χ1) is 16.8. The maximum Gasteiger partial charge on any atom is 0.435 e. The summed E-state index contributed by atoms with van der Waals surface area (Å²) >= 11 is 0.765. The number of hydrogen-bond acceptors (Lipinski definition) is 6. The van der Waals surface area contributed by atoms with E-state index < -0.39 is 28.7 Å². The molecule has 35 heavy (non-hydrogen) atoms. The first-order valence-corrected chi connectivity index (χ1v) is 11.7. The minimum absolute atomic E-state index is 0.237. The summed E-state index contributed by atoms with van der Waals surface area (Å²) in [6.07, 6.45) is 0.471. The lowest BCUT2D eigenvalue weighted by molar-refractivity contribution is -0.141. The third-order valence-corrected chi connectivity index (χ3v) is 6.38. The summed E-state index contributed by atoms with van der Waals surface area (Å²) < 4.78 is 46.1. The van der Waals surface area contributed by atoms with Crippen LogP contribution in [0.3, 0.4) is 0 Å². The number of nitrogens with one attached hydrogen (secondary N) is 2. The van der Waals surface area contributed by atoms with Crippen LogP contribution in [0.15, 0.2) is 71.6 Å². The van der Waals surface area contributed by atoms with Crippen molar-refractivity contribution in [3.05, 3.63) is 94.1 Å². The molecule has 0 unspecified atom stereocenters. The lowest BCUT2D eigenvalue weighted by Gasteiger charge is -2.16. The first kappa shape index (κ1) is 24.6. The van der Waals surface area contributed by atoms with Crippen LogP contribution in [-0.4, -0.2) is 22.4 Å². The number of pyridine rings is 1. The SMILES string of the molecule is C[C@H](NC(=O)c1sc(CCNCc2ccco2)nc1C(F)(F)F)c1cccc(-c2cccnc2)c1. The lowest BCUT2D eigenvalue weighted by atomic mass is 10.0. The number of amides is 1. The summed E-state index contributed by atoms with van der Waals surface area (Å²) in [6, 6.07) is 14.2. The third kappa shape index (κ3) is 6.34. The van der Waals surface area contributed by atoms with E-state index in [0.29, 0.717) is 13.1 Å². The number of nitrogens with zero attached hydrogens (tertiary/aromatic N) is 2. The van der Waals surface area contributed by atoms with Gasteiger partial charge in [-0.3, -0.25) is 9.78 Å². The maximum absolute atomic E-state index is 13.6. The molecule has 0 radical (unpaired) electrons. The van der Waals surface area contributed by atoms with E-state index in [4.69, 9.17) is 4.42 Å². The molecule has 3 heterocycles. The van der Waals surface area contributed by atoms with Gasteiger partial charge in [-0.1, -0.05) is 24.3 Å². The average molecular weight is 501 g/mol. The standard InChI is InChI=1S/C25H23F3N4O2S/c1-16(17-5-2-6-18(13-17)19-7-3-10-29-14-19)31-24(33)22-23(25(26,27)28)32-21(35-22)9-11-30-15-20-8-4-12-34-20/h2-8,10,12-14,16,30H,9,11,15H2,1H3,(H,31,33)/t16-/m0/s1. The van der Waals surface area contributed by atoms with Crippen LogP contribution in [0.1, 0.15) is 44.7 Å². The van der Waals surface area contributed by atoms with E-state index >= 15 is 0 Å². The van der Waals surface area contributed by atoms with Gasteiger partial charge < -0.3 is 15.1 Å². The minimum Gasteiger partial charge on any atom is -0.468 e. The van der Waals surface area contributed by atoms with Gasteiger partial charge >= 0.3 is 6.18 Å². The highest BCUT2D eigenvalue weighted by Gasteiger charge is 2.39. The van der Waals surface area contributed by atoms with Gasteiger partial charge in [0.15, 0.2) is 5.69 Å². The van der Waals surface area contributed by atoms with Crippen molar-refractivity contribution in [3.8, 4) is 11.1 Å². The molecule has 0 aliphatic rings. The highest BCUT2D eigenvalue weighted by atomic mass is 32.1. The van der Waals surface area contributed by atoms with Crippen LogP contribution in [0, 0.1) is 0 Å². The number of alkyl halides is 3. The van der Waals surface area contributed by atoms with Crippen LogP contribution in [0.2, 0.25) is 0 Å². The van der Waals surface area contributed by atoms with E-state index in [2.05, 4.69) is 20.6 Å². The fourth-order valence-corrected chi connectivity index (χ4v) is 4.49. The Kier molecular flexibility index (Phi) is 7.62. The Balaban J connectivity index is 1.45. The first-order valence-electron chi connectivity index (χ1n) is 10.9. The molecule has 0 aliphatic heterocycles. The molecule has 1 aromatic carbocycles. The Morgan fingerprint density at radius 1 is 1.14 bits per heavy atom. The Labute approximate surface area is 204 Å². The summed E-state index contributed by atoms with van der Waals surface area (Å²) in [4.78, 5) is 20.3. The topological polar surface area (TPSA) is 80.0 Å². The van der Waals surface area contributed by atoms with Gasteiger partial charge in [-0.25, -0.2) is 4.98 Å². The number of halogens is 3. The fourth-order valence-electron chi connectivity index (χ4n) is 3.50. The molecule has 0 aliphatic carbocycles. The Hall–Kier alpha value is -3.50. The van der Waals surface area contributed by atoms with Gasteiger partial charge in [0.1, 0.15) is 10.6 Å². The molecular formula is C25H23F3N4O2S. The van der Waals surface area contributed by atoms with Crippen molar-refractivity contribution in [1.82, 2.24) is 20.6 Å². The highest BCUT2D eigenvalue weighted by molar-refractivity contribution is 7.13. The maximum atomic E-state index is 13.6. The van der Waals surface area contributed by atoms with Gasteiger partial charge in [-0.2, -0.15) is 13.2 Å². The molecule has 4 rings (SSSR count). The molecule has 0 saturated heterocycles. The van der Waals surface area contributed by atoms with Crippen LogP contribution >= 0.6 is 11.3 Å². The second-order valence-corrected chi connectivity index (χ2v) is 8.94. The third-order valence-electron chi connectivity index (χ3n) is 5.27. The Morgan fingerprint density at radius 2 is 1.97 bits per heavy atom. The fraction of sp³-hybridized carbons (Fsp3) is 0.240. The Morgan fingerprint density at radius 3 is 2.69 bits per heavy atom. The van der Waals surface area contributed by atoms with Crippen molar-refractivity contribution in [2.24, 2.45) is 0 Å². The molecule has 182 valence electrons. The molecule has 0 spiro atoms. The van der Waals surface area contributed by atoms with Crippen LogP contribution in [0.5, 0.6) is 0 Å². The summed E-state index contributed by atoms with van der Waals surface area (Å²) in [5, 5.41) is 6.02. The predicted molar refractivity (Wildman–Crippen MR) is 127 cm³/mol. The quantitative estimate of drug-likeness (QED) is 0.291. The predicted octanol–water partition coefficient (Wildman–Crippen LogP) is 5.64. The Bertz CT molecular complexity index is 1260. The van der Waals surface area contributed by atoms with E-state index in [1.165, 1.54) is 0 Å². The largest absolute Gasteiger partial charge is 0.468 e. The number of rotatable bonds is 9. The zero-order valence-corrected chi connectivity index (χ0v) is 19.6. The molecule has 0 saturated carbocycles. The van der Waals surface area contributed by atoms with E-state index in [1.54, 1.807) is 37.7 Å². The monoisotopic (exact) mass is 500 g/mol. The van der Waals surface area contributed by atoms with Crippen molar-refractivity contribution in [2.45, 2.75) is 32.1 Å². The minimum atomic E-state index is -4.73. The van der Waals surface area contributed by atoms with E-state index in [0.717, 1.165) is 33.8 Å². The molecule has 3 aromatic heterocycles. The zero-order chi connectivity index (χ0) is 24.8. The van der Waals surface area contributed by atoms with Crippen molar-refractivity contribution < 1.29 is 22.4 Å². The number of benzene rings is 1. The van der Waals surface area contributed by atoms with Crippen molar-refractivity contribution >= 4 is 17.2 Å². The summed E-state index contributed by atoms with van der Waals surface area (Å²) in [7, 11) is 0. The van der Waals surface area contributed by atoms with E-state index in [1.807, 2.05) is 36.4 Å². The summed E-state index contributed by atoms with van der Waals surface area (Å²) in [6.45, 7) is 2.57. The molecule has 1 atom stereocenters. The summed E-state index contributed by atoms with van der Waals surface area (Å²) in [5.74, 6) is -0.0781. The van der Waals surface area contributed by atoms with Gasteiger partial charge in [0.25, 0.3) is 5.91 Å². The number of furan rings is 1. The highest BCUT2D eigenvalue weighted by Crippen LogP contribution is 2.35. The molecule has 6 nitrogen and oxygen atoms in total. The van der Waals surface area contributed by atoms with Gasteiger partial charge in [0.2, 0.25) is 0 Å². The number of carbonyl (C=O) groups is 1. The molecule has 1 amide bonds. The normalized spacial score (nSPS) is 12.5. The second kappa shape index (κ2) is 10.8. The van der Waals surface area contributed by atoms with Crippen LogP contribution < -0.4 is 10.6 Å². The van der Waals surface area contributed by atoms with Gasteiger partial charge in [0.05, 0.1) is 23.9 Å². The average Bonchev–Trinajstić information content (AvgIpc) is 3.52. The van der Waals surface area contributed by atoms with Crippen molar-refractivity contribution in [2.75, 3.05) is 6.54 Å². The van der Waals surface area contributed by atoms with Crippen LogP contribution in [-0.2, 0) is 19.1 Å². The smallest absolute Gasteiger partial charge is 0.435 e. The van der Waals surface area contributed by atoms with E-state index in [-0.39, 0.29) is 11.4 Å². The molecule has 10 heteroatoms. The van der Waals surface area contributed by atoms with Crippen LogP contribution in [0.25, 0.3) is 11.1 Å². The number of hydrogen-bond donors (Lipinski definition) is 2. The molecule has 0 fully saturated rings. The van der Waals surface area contributed by atoms with Gasteiger partial charge in [-0.05, 0) is 47.9 Å².